The van der Waals surface area contributed by atoms with Gasteiger partial charge < -0.3 is 4.74 Å². The third kappa shape index (κ3) is 1.53. The topological polar surface area (TPSA) is 22.1 Å². The van der Waals surface area contributed by atoms with Gasteiger partial charge in [0.15, 0.2) is 0 Å². The van der Waals surface area contributed by atoms with Gasteiger partial charge in [-0.3, -0.25) is 4.98 Å². The normalized spacial score (nSPS) is 26.3. The highest BCUT2D eigenvalue weighted by atomic mass is 16.5. The molecular weight excluding hydrogens is 162 g/mol. The molecule has 1 aromatic heterocycles. The van der Waals surface area contributed by atoms with Gasteiger partial charge in [-0.25, -0.2) is 0 Å². The lowest BCUT2D eigenvalue weighted by molar-refractivity contribution is 0.0610. The molecule has 1 unspecified atom stereocenters. The molecule has 0 saturated carbocycles. The fraction of sp³-hybridized carbons (Fsp3) is 0.545. The minimum atomic E-state index is 0.0361. The van der Waals surface area contributed by atoms with Gasteiger partial charge in [0.1, 0.15) is 11.4 Å². The zero-order valence-corrected chi connectivity index (χ0v) is 8.21. The Kier molecular flexibility index (Phi) is 1.98. The van der Waals surface area contributed by atoms with E-state index in [9.17, 15) is 0 Å². The van der Waals surface area contributed by atoms with E-state index >= 15 is 0 Å². The van der Waals surface area contributed by atoms with Gasteiger partial charge >= 0.3 is 0 Å². The van der Waals surface area contributed by atoms with Crippen molar-refractivity contribution >= 4 is 0 Å². The standard InChI is InChI=1S/C11H15NO/c1-3-11(2)6-4-9-8-12-7-5-10(9)13-11/h5,7-8H,3-4,6H2,1-2H3. The molecule has 0 fully saturated rings. The van der Waals surface area contributed by atoms with E-state index in [1.54, 1.807) is 6.20 Å². The lowest BCUT2D eigenvalue weighted by Gasteiger charge is -2.34. The predicted molar refractivity (Wildman–Crippen MR) is 51.9 cm³/mol. The lowest BCUT2D eigenvalue weighted by atomic mass is 9.91. The molecule has 1 aromatic rings. The smallest absolute Gasteiger partial charge is 0.126 e. The molecule has 2 heterocycles. The number of aryl methyl sites for hydroxylation is 1. The van der Waals surface area contributed by atoms with E-state index in [4.69, 9.17) is 4.74 Å². The first-order valence-corrected chi connectivity index (χ1v) is 4.85. The van der Waals surface area contributed by atoms with Crippen molar-refractivity contribution in [1.82, 2.24) is 4.98 Å². The highest BCUT2D eigenvalue weighted by Gasteiger charge is 2.29. The second kappa shape index (κ2) is 3.02. The van der Waals surface area contributed by atoms with Gasteiger partial charge in [0, 0.05) is 18.0 Å². The predicted octanol–water partition coefficient (Wildman–Crippen LogP) is 2.58. The Morgan fingerprint density at radius 1 is 1.62 bits per heavy atom. The Labute approximate surface area is 78.9 Å². The van der Waals surface area contributed by atoms with E-state index in [2.05, 4.69) is 18.8 Å². The van der Waals surface area contributed by atoms with Crippen molar-refractivity contribution in [2.24, 2.45) is 0 Å². The molecule has 2 rings (SSSR count). The molecular formula is C11H15NO. The summed E-state index contributed by atoms with van der Waals surface area (Å²) in [5, 5.41) is 0. The van der Waals surface area contributed by atoms with Crippen LogP contribution in [0.1, 0.15) is 32.3 Å². The zero-order chi connectivity index (χ0) is 9.31. The van der Waals surface area contributed by atoms with Crippen LogP contribution >= 0.6 is 0 Å². The van der Waals surface area contributed by atoms with E-state index in [1.165, 1.54) is 5.56 Å². The highest BCUT2D eigenvalue weighted by molar-refractivity contribution is 5.33. The highest BCUT2D eigenvalue weighted by Crippen LogP contribution is 2.33. The van der Waals surface area contributed by atoms with Crippen molar-refractivity contribution in [3.63, 3.8) is 0 Å². The number of hydrogen-bond donors (Lipinski definition) is 0. The SMILES string of the molecule is CCC1(C)CCc2cnccc2O1. The van der Waals surface area contributed by atoms with Crippen LogP contribution in [0.2, 0.25) is 0 Å². The molecule has 0 bridgehead atoms. The van der Waals surface area contributed by atoms with Crippen molar-refractivity contribution in [3.8, 4) is 5.75 Å². The van der Waals surface area contributed by atoms with Crippen molar-refractivity contribution in [1.29, 1.82) is 0 Å². The minimum Gasteiger partial charge on any atom is -0.487 e. The van der Waals surface area contributed by atoms with Crippen molar-refractivity contribution in [2.45, 2.75) is 38.7 Å². The van der Waals surface area contributed by atoms with Crippen LogP contribution in [0, 0.1) is 0 Å². The van der Waals surface area contributed by atoms with E-state index in [0.29, 0.717) is 0 Å². The van der Waals surface area contributed by atoms with Crippen LogP contribution in [0.4, 0.5) is 0 Å². The maximum atomic E-state index is 5.93. The van der Waals surface area contributed by atoms with Crippen molar-refractivity contribution in [2.75, 3.05) is 0 Å². The molecule has 2 nitrogen and oxygen atoms in total. The van der Waals surface area contributed by atoms with Gasteiger partial charge in [-0.2, -0.15) is 0 Å². The van der Waals surface area contributed by atoms with E-state index in [1.807, 2.05) is 12.3 Å². The first-order chi connectivity index (χ1) is 6.23. The lowest BCUT2D eigenvalue weighted by Crippen LogP contribution is -2.35. The molecule has 0 aliphatic carbocycles. The monoisotopic (exact) mass is 177 g/mol. The Hall–Kier alpha value is -1.05. The Morgan fingerprint density at radius 2 is 2.46 bits per heavy atom. The summed E-state index contributed by atoms with van der Waals surface area (Å²) in [6, 6.07) is 1.96. The molecule has 0 radical (unpaired) electrons. The molecule has 0 amide bonds. The summed E-state index contributed by atoms with van der Waals surface area (Å²) in [7, 11) is 0. The first kappa shape index (κ1) is 8.54. The summed E-state index contributed by atoms with van der Waals surface area (Å²) in [6.07, 6.45) is 6.95. The summed E-state index contributed by atoms with van der Waals surface area (Å²) in [4.78, 5) is 4.09. The number of pyridine rings is 1. The molecule has 70 valence electrons. The number of nitrogens with zero attached hydrogens (tertiary/aromatic N) is 1. The van der Waals surface area contributed by atoms with E-state index in [-0.39, 0.29) is 5.60 Å². The fourth-order valence-electron chi connectivity index (χ4n) is 1.67. The summed E-state index contributed by atoms with van der Waals surface area (Å²) >= 11 is 0. The third-order valence-corrected chi connectivity index (χ3v) is 2.89. The van der Waals surface area contributed by atoms with E-state index < -0.39 is 0 Å². The molecule has 13 heavy (non-hydrogen) atoms. The van der Waals surface area contributed by atoms with Gasteiger partial charge in [-0.05, 0) is 32.3 Å². The third-order valence-electron chi connectivity index (χ3n) is 2.89. The molecule has 2 heteroatoms. The van der Waals surface area contributed by atoms with Crippen LogP contribution in [0.3, 0.4) is 0 Å². The summed E-state index contributed by atoms with van der Waals surface area (Å²) in [5.41, 5.74) is 1.28. The molecule has 1 aliphatic heterocycles. The molecule has 0 spiro atoms. The summed E-state index contributed by atoms with van der Waals surface area (Å²) in [5.74, 6) is 1.02. The van der Waals surface area contributed by atoms with Crippen LogP contribution in [-0.4, -0.2) is 10.6 Å². The van der Waals surface area contributed by atoms with Crippen LogP contribution in [-0.2, 0) is 6.42 Å². The van der Waals surface area contributed by atoms with Crippen molar-refractivity contribution < 1.29 is 4.74 Å². The first-order valence-electron chi connectivity index (χ1n) is 4.85. The molecule has 1 aliphatic rings. The maximum absolute atomic E-state index is 5.93. The number of ether oxygens (including phenoxy) is 1. The second-order valence-corrected chi connectivity index (χ2v) is 3.89. The van der Waals surface area contributed by atoms with Gasteiger partial charge in [0.05, 0.1) is 0 Å². The van der Waals surface area contributed by atoms with Crippen molar-refractivity contribution in [3.05, 3.63) is 24.0 Å². The van der Waals surface area contributed by atoms with Gasteiger partial charge in [-0.15, -0.1) is 0 Å². The quantitative estimate of drug-likeness (QED) is 0.657. The fourth-order valence-corrected chi connectivity index (χ4v) is 1.67. The summed E-state index contributed by atoms with van der Waals surface area (Å²) in [6.45, 7) is 4.35. The Morgan fingerprint density at radius 3 is 3.23 bits per heavy atom. The number of rotatable bonds is 1. The zero-order valence-electron chi connectivity index (χ0n) is 8.21. The Balaban J connectivity index is 2.29. The van der Waals surface area contributed by atoms with Crippen LogP contribution in [0.5, 0.6) is 5.75 Å². The second-order valence-electron chi connectivity index (χ2n) is 3.89. The number of aromatic nitrogens is 1. The average Bonchev–Trinajstić information content (AvgIpc) is 2.18. The molecule has 0 saturated heterocycles. The molecule has 1 atom stereocenters. The minimum absolute atomic E-state index is 0.0361. The van der Waals surface area contributed by atoms with Gasteiger partial charge in [0.2, 0.25) is 0 Å². The molecule has 0 aromatic carbocycles. The van der Waals surface area contributed by atoms with Gasteiger partial charge in [0.25, 0.3) is 0 Å². The van der Waals surface area contributed by atoms with Crippen LogP contribution < -0.4 is 4.74 Å². The number of hydrogen-bond acceptors (Lipinski definition) is 2. The largest absolute Gasteiger partial charge is 0.487 e. The number of fused-ring (bicyclic) bond motifs is 1. The summed E-state index contributed by atoms with van der Waals surface area (Å²) < 4.78 is 5.93. The molecule has 0 N–H and O–H groups in total. The average molecular weight is 177 g/mol. The van der Waals surface area contributed by atoms with Crippen LogP contribution in [0.15, 0.2) is 18.5 Å². The Bertz CT molecular complexity index is 311. The maximum Gasteiger partial charge on any atom is 0.126 e. The van der Waals surface area contributed by atoms with Gasteiger partial charge in [-0.1, -0.05) is 6.92 Å². The van der Waals surface area contributed by atoms with Crippen LogP contribution in [0.25, 0.3) is 0 Å². The van der Waals surface area contributed by atoms with E-state index in [0.717, 1.165) is 25.0 Å².